The number of hydrogen-bond donors (Lipinski definition) is 1. The van der Waals surface area contributed by atoms with Crippen molar-refractivity contribution in [3.05, 3.63) is 69.5 Å². The fourth-order valence-corrected chi connectivity index (χ4v) is 1.97. The van der Waals surface area contributed by atoms with Gasteiger partial charge in [-0.2, -0.15) is 0 Å². The first-order valence-corrected chi connectivity index (χ1v) is 6.46. The number of aromatic nitrogens is 1. The van der Waals surface area contributed by atoms with Gasteiger partial charge in [0.25, 0.3) is 5.69 Å². The monoisotopic (exact) mass is 271 g/mol. The minimum atomic E-state index is -0.343. The lowest BCUT2D eigenvalue weighted by atomic mass is 10.0. The van der Waals surface area contributed by atoms with Gasteiger partial charge in [0, 0.05) is 30.4 Å². The molecule has 0 saturated heterocycles. The van der Waals surface area contributed by atoms with Crippen molar-refractivity contribution in [1.82, 2.24) is 10.3 Å². The van der Waals surface area contributed by atoms with E-state index in [1.807, 2.05) is 31.2 Å². The SMILES string of the molecule is Cc1ccc(C(C)NCc2ccccn2)cc1[N+](=O)[O-]. The Kier molecular flexibility index (Phi) is 4.42. The number of nitro groups is 1. The van der Waals surface area contributed by atoms with Crippen LogP contribution in [-0.2, 0) is 6.54 Å². The Balaban J connectivity index is 2.07. The molecule has 1 atom stereocenters. The number of aryl methyl sites for hydroxylation is 1. The highest BCUT2D eigenvalue weighted by atomic mass is 16.6. The summed E-state index contributed by atoms with van der Waals surface area (Å²) in [5.41, 5.74) is 2.68. The standard InChI is InChI=1S/C15H17N3O2/c1-11-6-7-13(9-15(11)18(19)20)12(2)17-10-14-5-3-4-8-16-14/h3-9,12,17H,10H2,1-2H3. The fourth-order valence-electron chi connectivity index (χ4n) is 1.97. The second-order valence-corrected chi connectivity index (χ2v) is 4.73. The molecule has 0 radical (unpaired) electrons. The van der Waals surface area contributed by atoms with Crippen LogP contribution in [0.15, 0.2) is 42.6 Å². The first-order chi connectivity index (χ1) is 9.58. The molecule has 20 heavy (non-hydrogen) atoms. The molecule has 2 aromatic rings. The van der Waals surface area contributed by atoms with Crippen LogP contribution in [0.4, 0.5) is 5.69 Å². The van der Waals surface area contributed by atoms with Crippen molar-refractivity contribution in [2.24, 2.45) is 0 Å². The average Bonchev–Trinajstić information content (AvgIpc) is 2.46. The molecule has 0 aliphatic heterocycles. The van der Waals surface area contributed by atoms with Crippen molar-refractivity contribution in [2.75, 3.05) is 0 Å². The molecule has 0 fully saturated rings. The van der Waals surface area contributed by atoms with Gasteiger partial charge in [-0.25, -0.2) is 0 Å². The zero-order chi connectivity index (χ0) is 14.5. The summed E-state index contributed by atoms with van der Waals surface area (Å²) in [6.45, 7) is 4.36. The Morgan fingerprint density at radius 2 is 2.15 bits per heavy atom. The van der Waals surface area contributed by atoms with E-state index in [0.717, 1.165) is 11.3 Å². The summed E-state index contributed by atoms with van der Waals surface area (Å²) < 4.78 is 0. The summed E-state index contributed by atoms with van der Waals surface area (Å²) in [6, 6.07) is 11.1. The van der Waals surface area contributed by atoms with Gasteiger partial charge in [-0.1, -0.05) is 18.2 Å². The summed E-state index contributed by atoms with van der Waals surface area (Å²) in [6.07, 6.45) is 1.75. The predicted octanol–water partition coefficient (Wildman–Crippen LogP) is 3.15. The van der Waals surface area contributed by atoms with E-state index in [9.17, 15) is 10.1 Å². The molecule has 2 rings (SSSR count). The van der Waals surface area contributed by atoms with Crippen molar-refractivity contribution in [1.29, 1.82) is 0 Å². The number of nitro benzene ring substituents is 1. The van der Waals surface area contributed by atoms with Crippen LogP contribution in [0.25, 0.3) is 0 Å². The number of hydrogen-bond acceptors (Lipinski definition) is 4. The third-order valence-corrected chi connectivity index (χ3v) is 3.25. The molecule has 5 heteroatoms. The number of rotatable bonds is 5. The summed E-state index contributed by atoms with van der Waals surface area (Å²) >= 11 is 0. The quantitative estimate of drug-likeness (QED) is 0.670. The molecule has 1 heterocycles. The largest absolute Gasteiger partial charge is 0.305 e. The van der Waals surface area contributed by atoms with Gasteiger partial charge in [0.1, 0.15) is 0 Å². The molecular weight excluding hydrogens is 254 g/mol. The molecule has 0 saturated carbocycles. The summed E-state index contributed by atoms with van der Waals surface area (Å²) in [5, 5.41) is 14.3. The van der Waals surface area contributed by atoms with E-state index in [1.165, 1.54) is 0 Å². The van der Waals surface area contributed by atoms with Gasteiger partial charge < -0.3 is 5.32 Å². The van der Waals surface area contributed by atoms with Crippen LogP contribution < -0.4 is 5.32 Å². The fraction of sp³-hybridized carbons (Fsp3) is 0.267. The third kappa shape index (κ3) is 3.39. The topological polar surface area (TPSA) is 68.1 Å². The number of nitrogens with zero attached hydrogens (tertiary/aromatic N) is 2. The van der Waals surface area contributed by atoms with Crippen LogP contribution >= 0.6 is 0 Å². The Morgan fingerprint density at radius 1 is 1.35 bits per heavy atom. The molecule has 0 aliphatic carbocycles. The number of nitrogens with one attached hydrogen (secondary N) is 1. The molecule has 104 valence electrons. The Hall–Kier alpha value is -2.27. The van der Waals surface area contributed by atoms with Gasteiger partial charge >= 0.3 is 0 Å². The average molecular weight is 271 g/mol. The maximum absolute atomic E-state index is 11.0. The summed E-state index contributed by atoms with van der Waals surface area (Å²) in [4.78, 5) is 14.8. The first kappa shape index (κ1) is 14.1. The smallest absolute Gasteiger partial charge is 0.272 e. The maximum atomic E-state index is 11.0. The van der Waals surface area contributed by atoms with E-state index < -0.39 is 0 Å². The van der Waals surface area contributed by atoms with Crippen LogP contribution in [0.2, 0.25) is 0 Å². The van der Waals surface area contributed by atoms with Crippen molar-refractivity contribution < 1.29 is 4.92 Å². The van der Waals surface area contributed by atoms with Crippen LogP contribution in [0.5, 0.6) is 0 Å². The maximum Gasteiger partial charge on any atom is 0.272 e. The zero-order valence-electron chi connectivity index (χ0n) is 11.5. The van der Waals surface area contributed by atoms with Crippen molar-refractivity contribution in [3.63, 3.8) is 0 Å². The van der Waals surface area contributed by atoms with Crippen molar-refractivity contribution in [3.8, 4) is 0 Å². The Morgan fingerprint density at radius 3 is 2.80 bits per heavy atom. The summed E-state index contributed by atoms with van der Waals surface area (Å²) in [5.74, 6) is 0. The zero-order valence-corrected chi connectivity index (χ0v) is 11.5. The van der Waals surface area contributed by atoms with Crippen molar-refractivity contribution >= 4 is 5.69 Å². The third-order valence-electron chi connectivity index (χ3n) is 3.25. The van der Waals surface area contributed by atoms with Gasteiger partial charge in [-0.15, -0.1) is 0 Å². The van der Waals surface area contributed by atoms with E-state index in [2.05, 4.69) is 10.3 Å². The van der Waals surface area contributed by atoms with Gasteiger partial charge in [-0.05, 0) is 31.5 Å². The van der Waals surface area contributed by atoms with Crippen LogP contribution in [0.1, 0.15) is 29.8 Å². The van der Waals surface area contributed by atoms with Gasteiger partial charge in [0.15, 0.2) is 0 Å². The number of benzene rings is 1. The van der Waals surface area contributed by atoms with Gasteiger partial charge in [0.2, 0.25) is 0 Å². The van der Waals surface area contributed by atoms with Crippen LogP contribution in [0, 0.1) is 17.0 Å². The minimum Gasteiger partial charge on any atom is -0.305 e. The molecule has 1 N–H and O–H groups in total. The second-order valence-electron chi connectivity index (χ2n) is 4.73. The Bertz CT molecular complexity index is 599. The molecule has 1 aromatic carbocycles. The van der Waals surface area contributed by atoms with E-state index in [-0.39, 0.29) is 16.7 Å². The van der Waals surface area contributed by atoms with Gasteiger partial charge in [0.05, 0.1) is 10.6 Å². The van der Waals surface area contributed by atoms with E-state index in [1.54, 1.807) is 25.3 Å². The van der Waals surface area contributed by atoms with Crippen LogP contribution in [0.3, 0.4) is 0 Å². The molecule has 0 aliphatic rings. The lowest BCUT2D eigenvalue weighted by Crippen LogP contribution is -2.18. The molecule has 1 aromatic heterocycles. The minimum absolute atomic E-state index is 0.0244. The molecule has 0 bridgehead atoms. The summed E-state index contributed by atoms with van der Waals surface area (Å²) in [7, 11) is 0. The highest BCUT2D eigenvalue weighted by molar-refractivity contribution is 5.43. The number of pyridine rings is 1. The van der Waals surface area contributed by atoms with E-state index >= 15 is 0 Å². The lowest BCUT2D eigenvalue weighted by Gasteiger charge is -2.14. The first-order valence-electron chi connectivity index (χ1n) is 6.46. The highest BCUT2D eigenvalue weighted by Crippen LogP contribution is 2.23. The van der Waals surface area contributed by atoms with E-state index in [0.29, 0.717) is 12.1 Å². The normalized spacial score (nSPS) is 12.1. The predicted molar refractivity (Wildman–Crippen MR) is 77.3 cm³/mol. The second kappa shape index (κ2) is 6.25. The Labute approximate surface area is 117 Å². The molecule has 5 nitrogen and oxygen atoms in total. The molecule has 1 unspecified atom stereocenters. The van der Waals surface area contributed by atoms with E-state index in [4.69, 9.17) is 0 Å². The van der Waals surface area contributed by atoms with Gasteiger partial charge in [-0.3, -0.25) is 15.1 Å². The van der Waals surface area contributed by atoms with Crippen LogP contribution in [-0.4, -0.2) is 9.91 Å². The lowest BCUT2D eigenvalue weighted by molar-refractivity contribution is -0.385. The molecule has 0 spiro atoms. The highest BCUT2D eigenvalue weighted by Gasteiger charge is 2.14. The van der Waals surface area contributed by atoms with Crippen molar-refractivity contribution in [2.45, 2.75) is 26.4 Å². The molecule has 0 amide bonds. The molecular formula is C15H17N3O2.